The van der Waals surface area contributed by atoms with E-state index in [9.17, 15) is 9.59 Å². The SMILES string of the molecule is Cc1cc(C(=O)OC(C)C#N)ccc1N1CCNC1=O. The highest BCUT2D eigenvalue weighted by Gasteiger charge is 2.23. The second kappa shape index (κ2) is 5.61. The van der Waals surface area contributed by atoms with Gasteiger partial charge in [0.25, 0.3) is 0 Å². The molecule has 1 aromatic carbocycles. The van der Waals surface area contributed by atoms with Crippen LogP contribution in [-0.4, -0.2) is 31.2 Å². The Kier molecular flexibility index (Phi) is 3.89. The molecule has 0 aromatic heterocycles. The number of ether oxygens (including phenoxy) is 1. The number of carbonyl (C=O) groups excluding carboxylic acids is 2. The zero-order valence-electron chi connectivity index (χ0n) is 11.3. The third kappa shape index (κ3) is 2.72. The zero-order chi connectivity index (χ0) is 14.7. The summed E-state index contributed by atoms with van der Waals surface area (Å²) in [5.41, 5.74) is 1.94. The lowest BCUT2D eigenvalue weighted by molar-refractivity contribution is 0.0435. The molecule has 1 atom stereocenters. The Balaban J connectivity index is 2.20. The molecule has 2 amide bonds. The van der Waals surface area contributed by atoms with E-state index >= 15 is 0 Å². The van der Waals surface area contributed by atoms with Gasteiger partial charge in [-0.15, -0.1) is 0 Å². The van der Waals surface area contributed by atoms with E-state index in [0.29, 0.717) is 18.7 Å². The largest absolute Gasteiger partial charge is 0.444 e. The Morgan fingerprint density at radius 1 is 1.55 bits per heavy atom. The van der Waals surface area contributed by atoms with E-state index in [4.69, 9.17) is 10.00 Å². The number of urea groups is 1. The van der Waals surface area contributed by atoms with Crippen molar-refractivity contribution in [1.29, 1.82) is 5.26 Å². The molecule has 1 heterocycles. The third-order valence-corrected chi connectivity index (χ3v) is 3.05. The van der Waals surface area contributed by atoms with E-state index < -0.39 is 12.1 Å². The molecule has 1 aliphatic rings. The number of carbonyl (C=O) groups is 2. The lowest BCUT2D eigenvalue weighted by Gasteiger charge is -2.17. The summed E-state index contributed by atoms with van der Waals surface area (Å²) >= 11 is 0. The van der Waals surface area contributed by atoms with E-state index in [1.165, 1.54) is 6.92 Å². The lowest BCUT2D eigenvalue weighted by Crippen LogP contribution is -2.28. The zero-order valence-corrected chi connectivity index (χ0v) is 11.3. The number of anilines is 1. The van der Waals surface area contributed by atoms with Gasteiger partial charge in [0.2, 0.25) is 0 Å². The van der Waals surface area contributed by atoms with Crippen LogP contribution in [0.2, 0.25) is 0 Å². The maximum absolute atomic E-state index is 11.8. The second-order valence-corrected chi connectivity index (χ2v) is 4.56. The van der Waals surface area contributed by atoms with Crippen molar-refractivity contribution in [2.45, 2.75) is 20.0 Å². The Hall–Kier alpha value is -2.55. The van der Waals surface area contributed by atoms with Crippen molar-refractivity contribution in [2.24, 2.45) is 0 Å². The highest BCUT2D eigenvalue weighted by molar-refractivity contribution is 5.96. The maximum atomic E-state index is 11.8. The van der Waals surface area contributed by atoms with Gasteiger partial charge >= 0.3 is 12.0 Å². The molecule has 6 heteroatoms. The average molecular weight is 273 g/mol. The molecule has 104 valence electrons. The monoisotopic (exact) mass is 273 g/mol. The summed E-state index contributed by atoms with van der Waals surface area (Å²) in [6.45, 7) is 4.55. The maximum Gasteiger partial charge on any atom is 0.339 e. The number of nitrogens with zero attached hydrogens (tertiary/aromatic N) is 2. The van der Waals surface area contributed by atoms with E-state index in [2.05, 4.69) is 5.32 Å². The normalized spacial score (nSPS) is 15.4. The summed E-state index contributed by atoms with van der Waals surface area (Å²) in [5, 5.41) is 11.3. The molecule has 0 radical (unpaired) electrons. The highest BCUT2D eigenvalue weighted by Crippen LogP contribution is 2.23. The number of nitriles is 1. The van der Waals surface area contributed by atoms with Crippen LogP contribution in [0.5, 0.6) is 0 Å². The van der Waals surface area contributed by atoms with Crippen molar-refractivity contribution in [2.75, 3.05) is 18.0 Å². The van der Waals surface area contributed by atoms with Gasteiger partial charge < -0.3 is 10.1 Å². The topological polar surface area (TPSA) is 82.4 Å². The molecule has 0 bridgehead atoms. The number of hydrogen-bond donors (Lipinski definition) is 1. The Bertz CT molecular complexity index is 592. The number of rotatable bonds is 3. The van der Waals surface area contributed by atoms with Gasteiger partial charge in [-0.1, -0.05) is 0 Å². The molecule has 1 N–H and O–H groups in total. The van der Waals surface area contributed by atoms with Crippen LogP contribution in [0.15, 0.2) is 18.2 Å². The Labute approximate surface area is 116 Å². The third-order valence-electron chi connectivity index (χ3n) is 3.05. The first-order chi connectivity index (χ1) is 9.52. The van der Waals surface area contributed by atoms with Crippen molar-refractivity contribution in [1.82, 2.24) is 5.32 Å². The van der Waals surface area contributed by atoms with Gasteiger partial charge in [0.1, 0.15) is 6.07 Å². The first kappa shape index (κ1) is 13.9. The molecule has 1 unspecified atom stereocenters. The minimum atomic E-state index is -0.785. The van der Waals surface area contributed by atoms with Gasteiger partial charge in [-0.3, -0.25) is 4.90 Å². The summed E-state index contributed by atoms with van der Waals surface area (Å²) in [6.07, 6.45) is -0.785. The van der Waals surface area contributed by atoms with Crippen molar-refractivity contribution >= 4 is 17.7 Å². The number of benzene rings is 1. The Morgan fingerprint density at radius 3 is 2.85 bits per heavy atom. The summed E-state index contributed by atoms with van der Waals surface area (Å²) in [7, 11) is 0. The van der Waals surface area contributed by atoms with Crippen LogP contribution in [0.25, 0.3) is 0 Å². The minimum Gasteiger partial charge on any atom is -0.444 e. The fraction of sp³-hybridized carbons (Fsp3) is 0.357. The number of nitrogens with one attached hydrogen (secondary N) is 1. The molecule has 20 heavy (non-hydrogen) atoms. The van der Waals surface area contributed by atoms with Crippen LogP contribution in [0.1, 0.15) is 22.8 Å². The van der Waals surface area contributed by atoms with Gasteiger partial charge in [0.05, 0.1) is 5.56 Å². The first-order valence-electron chi connectivity index (χ1n) is 6.29. The molecule has 1 saturated heterocycles. The average Bonchev–Trinajstić information content (AvgIpc) is 2.84. The molecule has 0 saturated carbocycles. The summed E-state index contributed by atoms with van der Waals surface area (Å²) < 4.78 is 4.93. The predicted molar refractivity (Wildman–Crippen MR) is 72.4 cm³/mol. The molecule has 0 aliphatic carbocycles. The highest BCUT2D eigenvalue weighted by atomic mass is 16.5. The summed E-state index contributed by atoms with van der Waals surface area (Å²) in [4.78, 5) is 25.0. The number of amides is 2. The number of esters is 1. The lowest BCUT2D eigenvalue weighted by atomic mass is 10.1. The van der Waals surface area contributed by atoms with Crippen LogP contribution < -0.4 is 10.2 Å². The molecule has 1 aliphatic heterocycles. The smallest absolute Gasteiger partial charge is 0.339 e. The van der Waals surface area contributed by atoms with E-state index in [1.54, 1.807) is 23.1 Å². The van der Waals surface area contributed by atoms with Crippen LogP contribution in [0.3, 0.4) is 0 Å². The van der Waals surface area contributed by atoms with Crippen LogP contribution in [0.4, 0.5) is 10.5 Å². The van der Waals surface area contributed by atoms with Gasteiger partial charge in [-0.25, -0.2) is 9.59 Å². The van der Waals surface area contributed by atoms with E-state index in [1.807, 2.05) is 13.0 Å². The molecule has 6 nitrogen and oxygen atoms in total. The van der Waals surface area contributed by atoms with Gasteiger partial charge in [-0.2, -0.15) is 5.26 Å². The van der Waals surface area contributed by atoms with Crippen LogP contribution >= 0.6 is 0 Å². The predicted octanol–water partition coefficient (Wildman–Crippen LogP) is 1.59. The second-order valence-electron chi connectivity index (χ2n) is 4.56. The van der Waals surface area contributed by atoms with Gasteiger partial charge in [0.15, 0.2) is 6.10 Å². The van der Waals surface area contributed by atoms with Crippen molar-refractivity contribution < 1.29 is 14.3 Å². The molecular formula is C14H15N3O3. The fourth-order valence-electron chi connectivity index (χ4n) is 2.04. The quantitative estimate of drug-likeness (QED) is 0.848. The molecule has 0 spiro atoms. The Morgan fingerprint density at radius 2 is 2.30 bits per heavy atom. The molecule has 2 rings (SSSR count). The first-order valence-corrected chi connectivity index (χ1v) is 6.29. The number of aryl methyl sites for hydroxylation is 1. The van der Waals surface area contributed by atoms with Gasteiger partial charge in [0, 0.05) is 18.8 Å². The van der Waals surface area contributed by atoms with E-state index in [-0.39, 0.29) is 6.03 Å². The standard InChI is InChI=1S/C14H15N3O3/c1-9-7-11(13(18)20-10(2)8-15)3-4-12(9)17-6-5-16-14(17)19/h3-4,7,10H,5-6H2,1-2H3,(H,16,19). The number of hydrogen-bond acceptors (Lipinski definition) is 4. The molecule has 1 aromatic rings. The fourth-order valence-corrected chi connectivity index (χ4v) is 2.04. The minimum absolute atomic E-state index is 0.137. The molecule has 1 fully saturated rings. The molecular weight excluding hydrogens is 258 g/mol. The van der Waals surface area contributed by atoms with Crippen molar-refractivity contribution in [3.8, 4) is 6.07 Å². The van der Waals surface area contributed by atoms with Crippen molar-refractivity contribution in [3.05, 3.63) is 29.3 Å². The van der Waals surface area contributed by atoms with Crippen LogP contribution in [-0.2, 0) is 4.74 Å². The van der Waals surface area contributed by atoms with Gasteiger partial charge in [-0.05, 0) is 37.6 Å². The summed E-state index contributed by atoms with van der Waals surface area (Å²) in [5.74, 6) is -0.542. The van der Waals surface area contributed by atoms with Crippen LogP contribution in [0, 0.1) is 18.3 Å². The summed E-state index contributed by atoms with van der Waals surface area (Å²) in [6, 6.07) is 6.67. The van der Waals surface area contributed by atoms with Crippen molar-refractivity contribution in [3.63, 3.8) is 0 Å². The van der Waals surface area contributed by atoms with E-state index in [0.717, 1.165) is 11.3 Å².